The van der Waals surface area contributed by atoms with E-state index < -0.39 is 0 Å². The average Bonchev–Trinajstić information content (AvgIpc) is 2.65. The van der Waals surface area contributed by atoms with Crippen molar-refractivity contribution in [3.8, 4) is 0 Å². The van der Waals surface area contributed by atoms with E-state index in [0.717, 1.165) is 12.8 Å². The third-order valence-corrected chi connectivity index (χ3v) is 3.47. The molecule has 0 radical (unpaired) electrons. The van der Waals surface area contributed by atoms with E-state index in [1.165, 1.54) is 10.5 Å². The van der Waals surface area contributed by atoms with Crippen LogP contribution >= 0.6 is 11.8 Å². The fraction of sp³-hybridized carbons (Fsp3) is 0.417. The predicted octanol–water partition coefficient (Wildman–Crippen LogP) is 2.23. The Balaban J connectivity index is 1.96. The van der Waals surface area contributed by atoms with Crippen molar-refractivity contribution in [3.05, 3.63) is 29.8 Å². The lowest BCUT2D eigenvalue weighted by Gasteiger charge is -2.09. The quantitative estimate of drug-likeness (QED) is 0.793. The predicted molar refractivity (Wildman–Crippen MR) is 63.1 cm³/mol. The molecule has 15 heavy (non-hydrogen) atoms. The normalized spacial score (nSPS) is 20.3. The van der Waals surface area contributed by atoms with Gasteiger partial charge in [0.15, 0.2) is 0 Å². The van der Waals surface area contributed by atoms with Crippen LogP contribution in [0.25, 0.3) is 0 Å². The number of amides is 1. The van der Waals surface area contributed by atoms with E-state index in [1.54, 1.807) is 11.8 Å². The standard InChI is InChI=1S/C12H15NOS/c1-15-11-5-2-9(3-6-11)8-10-4-7-12(14)13-10/h2-3,5-6,10H,4,7-8H2,1H3,(H,13,14). The van der Waals surface area contributed by atoms with Gasteiger partial charge < -0.3 is 5.32 Å². The molecule has 1 aromatic carbocycles. The lowest BCUT2D eigenvalue weighted by atomic mass is 10.1. The lowest BCUT2D eigenvalue weighted by molar-refractivity contribution is -0.119. The summed E-state index contributed by atoms with van der Waals surface area (Å²) in [5.41, 5.74) is 1.31. The maximum Gasteiger partial charge on any atom is 0.220 e. The summed E-state index contributed by atoms with van der Waals surface area (Å²) in [6.07, 6.45) is 4.70. The Morgan fingerprint density at radius 1 is 1.40 bits per heavy atom. The van der Waals surface area contributed by atoms with E-state index >= 15 is 0 Å². The number of benzene rings is 1. The Morgan fingerprint density at radius 3 is 2.67 bits per heavy atom. The van der Waals surface area contributed by atoms with Crippen LogP contribution < -0.4 is 5.32 Å². The van der Waals surface area contributed by atoms with Gasteiger partial charge >= 0.3 is 0 Å². The number of thioether (sulfide) groups is 1. The molecule has 0 bridgehead atoms. The van der Waals surface area contributed by atoms with Crippen LogP contribution in [0.4, 0.5) is 0 Å². The van der Waals surface area contributed by atoms with Gasteiger partial charge in [0.25, 0.3) is 0 Å². The van der Waals surface area contributed by atoms with Gasteiger partial charge in [-0.1, -0.05) is 12.1 Å². The second-order valence-electron chi connectivity index (χ2n) is 3.86. The molecule has 1 N–H and O–H groups in total. The van der Waals surface area contributed by atoms with Crippen LogP contribution in [-0.4, -0.2) is 18.2 Å². The molecule has 1 aliphatic rings. The van der Waals surface area contributed by atoms with Crippen LogP contribution in [0, 0.1) is 0 Å². The first-order valence-electron chi connectivity index (χ1n) is 5.20. The molecule has 1 unspecified atom stereocenters. The Labute approximate surface area is 94.4 Å². The molecule has 2 rings (SSSR count). The van der Waals surface area contributed by atoms with Crippen LogP contribution in [0.5, 0.6) is 0 Å². The Hall–Kier alpha value is -0.960. The molecule has 0 aromatic heterocycles. The average molecular weight is 221 g/mol. The number of carbonyl (C=O) groups is 1. The highest BCUT2D eigenvalue weighted by Gasteiger charge is 2.20. The summed E-state index contributed by atoms with van der Waals surface area (Å²) in [4.78, 5) is 12.3. The van der Waals surface area contributed by atoms with Crippen LogP contribution in [0.3, 0.4) is 0 Å². The van der Waals surface area contributed by atoms with Crippen molar-refractivity contribution < 1.29 is 4.79 Å². The highest BCUT2D eigenvalue weighted by molar-refractivity contribution is 7.98. The van der Waals surface area contributed by atoms with Crippen molar-refractivity contribution in [2.24, 2.45) is 0 Å². The van der Waals surface area contributed by atoms with Crippen molar-refractivity contribution in [3.63, 3.8) is 0 Å². The van der Waals surface area contributed by atoms with Crippen LogP contribution in [-0.2, 0) is 11.2 Å². The first-order valence-corrected chi connectivity index (χ1v) is 6.42. The van der Waals surface area contributed by atoms with E-state index in [-0.39, 0.29) is 5.91 Å². The molecule has 1 aromatic rings. The minimum absolute atomic E-state index is 0.195. The Bertz CT molecular complexity index is 347. The number of rotatable bonds is 3. The number of carbonyl (C=O) groups excluding carboxylic acids is 1. The van der Waals surface area contributed by atoms with Gasteiger partial charge in [-0.2, -0.15) is 0 Å². The second-order valence-corrected chi connectivity index (χ2v) is 4.73. The minimum Gasteiger partial charge on any atom is -0.353 e. The summed E-state index contributed by atoms with van der Waals surface area (Å²) in [5, 5.41) is 2.99. The largest absolute Gasteiger partial charge is 0.353 e. The van der Waals surface area contributed by atoms with Gasteiger partial charge in [-0.05, 0) is 36.8 Å². The van der Waals surface area contributed by atoms with Gasteiger partial charge in [0, 0.05) is 17.4 Å². The SMILES string of the molecule is CSc1ccc(CC2CCC(=O)N2)cc1. The molecule has 2 nitrogen and oxygen atoms in total. The van der Waals surface area contributed by atoms with E-state index in [4.69, 9.17) is 0 Å². The van der Waals surface area contributed by atoms with Crippen molar-refractivity contribution in [1.82, 2.24) is 5.32 Å². The van der Waals surface area contributed by atoms with Crippen molar-refractivity contribution >= 4 is 17.7 Å². The van der Waals surface area contributed by atoms with E-state index in [0.29, 0.717) is 12.5 Å². The van der Waals surface area contributed by atoms with Gasteiger partial charge in [0.2, 0.25) is 5.91 Å². The summed E-state index contributed by atoms with van der Waals surface area (Å²) in [7, 11) is 0. The van der Waals surface area contributed by atoms with Crippen molar-refractivity contribution in [2.75, 3.05) is 6.26 Å². The number of hydrogen-bond acceptors (Lipinski definition) is 2. The molecule has 1 amide bonds. The van der Waals surface area contributed by atoms with Crippen molar-refractivity contribution in [2.45, 2.75) is 30.2 Å². The Kier molecular flexibility index (Phi) is 3.31. The van der Waals surface area contributed by atoms with E-state index in [2.05, 4.69) is 35.8 Å². The molecule has 1 heterocycles. The molecule has 3 heteroatoms. The first-order chi connectivity index (χ1) is 7.28. The van der Waals surface area contributed by atoms with E-state index in [9.17, 15) is 4.79 Å². The highest BCUT2D eigenvalue weighted by atomic mass is 32.2. The van der Waals surface area contributed by atoms with Gasteiger partial charge in [0.1, 0.15) is 0 Å². The molecule has 80 valence electrons. The van der Waals surface area contributed by atoms with Gasteiger partial charge in [-0.3, -0.25) is 4.79 Å². The van der Waals surface area contributed by atoms with Gasteiger partial charge in [-0.25, -0.2) is 0 Å². The Morgan fingerprint density at radius 2 is 2.13 bits per heavy atom. The fourth-order valence-electron chi connectivity index (χ4n) is 1.88. The summed E-state index contributed by atoms with van der Waals surface area (Å²) in [6.45, 7) is 0. The zero-order valence-corrected chi connectivity index (χ0v) is 9.64. The maximum absolute atomic E-state index is 11.0. The second kappa shape index (κ2) is 4.71. The van der Waals surface area contributed by atoms with Crippen LogP contribution in [0.1, 0.15) is 18.4 Å². The molecular formula is C12H15NOS. The molecule has 0 spiro atoms. The van der Waals surface area contributed by atoms with Gasteiger partial charge in [0.05, 0.1) is 0 Å². The third-order valence-electron chi connectivity index (χ3n) is 2.73. The number of nitrogens with one attached hydrogen (secondary N) is 1. The summed E-state index contributed by atoms with van der Waals surface area (Å²) >= 11 is 1.75. The molecule has 1 atom stereocenters. The van der Waals surface area contributed by atoms with Crippen LogP contribution in [0.15, 0.2) is 29.2 Å². The highest BCUT2D eigenvalue weighted by Crippen LogP contribution is 2.17. The smallest absolute Gasteiger partial charge is 0.220 e. The fourth-order valence-corrected chi connectivity index (χ4v) is 2.28. The monoisotopic (exact) mass is 221 g/mol. The summed E-state index contributed by atoms with van der Waals surface area (Å²) < 4.78 is 0. The molecule has 1 aliphatic heterocycles. The molecule has 1 fully saturated rings. The third kappa shape index (κ3) is 2.75. The maximum atomic E-state index is 11.0. The first kappa shape index (κ1) is 10.6. The zero-order valence-electron chi connectivity index (χ0n) is 8.82. The van der Waals surface area contributed by atoms with Crippen molar-refractivity contribution in [1.29, 1.82) is 0 Å². The minimum atomic E-state index is 0.195. The summed E-state index contributed by atoms with van der Waals surface area (Å²) in [5.74, 6) is 0.195. The molecule has 0 saturated carbocycles. The lowest BCUT2D eigenvalue weighted by Crippen LogP contribution is -2.27. The zero-order chi connectivity index (χ0) is 10.7. The van der Waals surface area contributed by atoms with E-state index in [1.807, 2.05) is 0 Å². The number of hydrogen-bond donors (Lipinski definition) is 1. The topological polar surface area (TPSA) is 29.1 Å². The van der Waals surface area contributed by atoms with Crippen LogP contribution in [0.2, 0.25) is 0 Å². The van der Waals surface area contributed by atoms with Gasteiger partial charge in [-0.15, -0.1) is 11.8 Å². The molecule has 1 saturated heterocycles. The molecular weight excluding hydrogens is 206 g/mol. The summed E-state index contributed by atoms with van der Waals surface area (Å²) in [6, 6.07) is 8.91. The molecule has 0 aliphatic carbocycles.